The van der Waals surface area contributed by atoms with Crippen LogP contribution in [0.15, 0.2) is 0 Å². The van der Waals surface area contributed by atoms with Gasteiger partial charge in [0.25, 0.3) is 0 Å². The number of hydrogen-bond acceptors (Lipinski definition) is 5. The first-order chi connectivity index (χ1) is 6.72. The predicted molar refractivity (Wildman–Crippen MR) is 54.2 cm³/mol. The van der Waals surface area contributed by atoms with Gasteiger partial charge in [-0.15, -0.1) is 10.2 Å². The molecule has 0 aromatic carbocycles. The van der Waals surface area contributed by atoms with Gasteiger partial charge in [-0.05, 0) is 19.8 Å². The van der Waals surface area contributed by atoms with Gasteiger partial charge in [0, 0.05) is 13.0 Å². The number of rotatable bonds is 5. The molecular weight excluding hydrogens is 202 g/mol. The Kier molecular flexibility index (Phi) is 4.48. The van der Waals surface area contributed by atoms with Crippen LogP contribution < -0.4 is 5.32 Å². The van der Waals surface area contributed by atoms with Gasteiger partial charge in [0.05, 0.1) is 0 Å². The van der Waals surface area contributed by atoms with Crippen LogP contribution in [0.25, 0.3) is 0 Å². The molecule has 2 N–H and O–H groups in total. The Bertz CT molecular complexity index is 301. The topological polar surface area (TPSA) is 75.1 Å². The number of aryl methyl sites for hydroxylation is 1. The van der Waals surface area contributed by atoms with Crippen LogP contribution >= 0.6 is 11.3 Å². The van der Waals surface area contributed by atoms with Crippen molar-refractivity contribution in [2.45, 2.75) is 26.2 Å². The van der Waals surface area contributed by atoms with E-state index in [-0.39, 0.29) is 12.5 Å². The monoisotopic (exact) mass is 215 g/mol. The zero-order valence-electron chi connectivity index (χ0n) is 7.99. The number of hydrogen-bond donors (Lipinski definition) is 2. The molecule has 1 amide bonds. The van der Waals surface area contributed by atoms with Gasteiger partial charge in [-0.2, -0.15) is 0 Å². The standard InChI is InChI=1S/C8H13N3O2S/c1-6-10-11-8(14-6)9-7(13)4-2-3-5-12/h12H,2-5H2,1H3,(H,9,11,13). The van der Waals surface area contributed by atoms with Gasteiger partial charge < -0.3 is 10.4 Å². The first-order valence-corrected chi connectivity index (χ1v) is 5.25. The summed E-state index contributed by atoms with van der Waals surface area (Å²) in [4.78, 5) is 11.2. The summed E-state index contributed by atoms with van der Waals surface area (Å²) in [7, 11) is 0. The summed E-state index contributed by atoms with van der Waals surface area (Å²) < 4.78 is 0. The van der Waals surface area contributed by atoms with Crippen LogP contribution in [0.4, 0.5) is 5.13 Å². The summed E-state index contributed by atoms with van der Waals surface area (Å²) in [6, 6.07) is 0. The first kappa shape index (κ1) is 11.1. The third kappa shape index (κ3) is 3.80. The molecule has 0 aliphatic carbocycles. The molecule has 0 saturated heterocycles. The summed E-state index contributed by atoms with van der Waals surface area (Å²) in [6.45, 7) is 1.96. The largest absolute Gasteiger partial charge is 0.396 e. The highest BCUT2D eigenvalue weighted by molar-refractivity contribution is 7.15. The summed E-state index contributed by atoms with van der Waals surface area (Å²) >= 11 is 1.35. The van der Waals surface area contributed by atoms with Gasteiger partial charge >= 0.3 is 0 Å². The molecule has 1 aromatic heterocycles. The maximum absolute atomic E-state index is 11.2. The maximum Gasteiger partial charge on any atom is 0.226 e. The predicted octanol–water partition coefficient (Wildman–Crippen LogP) is 0.948. The minimum absolute atomic E-state index is 0.0744. The van der Waals surface area contributed by atoms with E-state index in [2.05, 4.69) is 15.5 Å². The van der Waals surface area contributed by atoms with Gasteiger partial charge in [0.15, 0.2) is 0 Å². The van der Waals surface area contributed by atoms with Crippen LogP contribution in [0, 0.1) is 6.92 Å². The Hall–Kier alpha value is -1.01. The van der Waals surface area contributed by atoms with E-state index in [4.69, 9.17) is 5.11 Å². The Morgan fingerprint density at radius 2 is 2.29 bits per heavy atom. The average Bonchev–Trinajstić information content (AvgIpc) is 2.52. The minimum Gasteiger partial charge on any atom is -0.396 e. The fourth-order valence-corrected chi connectivity index (χ4v) is 1.53. The van der Waals surface area contributed by atoms with E-state index in [0.717, 1.165) is 5.01 Å². The molecule has 1 rings (SSSR count). The number of aliphatic hydroxyl groups excluding tert-OH is 1. The molecule has 0 saturated carbocycles. The lowest BCUT2D eigenvalue weighted by Gasteiger charge is -1.99. The lowest BCUT2D eigenvalue weighted by Crippen LogP contribution is -2.11. The Labute approximate surface area is 86.2 Å². The summed E-state index contributed by atoms with van der Waals surface area (Å²) in [5.41, 5.74) is 0. The average molecular weight is 215 g/mol. The van der Waals surface area contributed by atoms with Crippen LogP contribution in [0.1, 0.15) is 24.3 Å². The van der Waals surface area contributed by atoms with Crippen molar-refractivity contribution in [2.75, 3.05) is 11.9 Å². The van der Waals surface area contributed by atoms with E-state index < -0.39 is 0 Å². The van der Waals surface area contributed by atoms with Crippen molar-refractivity contribution in [3.8, 4) is 0 Å². The smallest absolute Gasteiger partial charge is 0.226 e. The summed E-state index contributed by atoms with van der Waals surface area (Å²) in [5.74, 6) is -0.0744. The number of aromatic nitrogens is 2. The number of amides is 1. The molecule has 78 valence electrons. The second kappa shape index (κ2) is 5.66. The lowest BCUT2D eigenvalue weighted by atomic mass is 10.2. The highest BCUT2D eigenvalue weighted by Gasteiger charge is 2.05. The number of anilines is 1. The zero-order valence-corrected chi connectivity index (χ0v) is 8.80. The number of nitrogens with zero attached hydrogens (tertiary/aromatic N) is 2. The molecular formula is C8H13N3O2S. The van der Waals surface area contributed by atoms with Crippen LogP contribution in [-0.2, 0) is 4.79 Å². The van der Waals surface area contributed by atoms with Gasteiger partial charge in [-0.3, -0.25) is 4.79 Å². The molecule has 14 heavy (non-hydrogen) atoms. The normalized spacial score (nSPS) is 10.1. The number of unbranched alkanes of at least 4 members (excludes halogenated alkanes) is 1. The third-order valence-corrected chi connectivity index (χ3v) is 2.34. The van der Waals surface area contributed by atoms with E-state index >= 15 is 0 Å². The van der Waals surface area contributed by atoms with E-state index in [0.29, 0.717) is 24.4 Å². The highest BCUT2D eigenvalue weighted by Crippen LogP contribution is 2.13. The number of nitrogens with one attached hydrogen (secondary N) is 1. The maximum atomic E-state index is 11.2. The first-order valence-electron chi connectivity index (χ1n) is 4.43. The molecule has 0 radical (unpaired) electrons. The van der Waals surface area contributed by atoms with Crippen molar-refractivity contribution in [2.24, 2.45) is 0 Å². The number of aliphatic hydroxyl groups is 1. The second-order valence-electron chi connectivity index (χ2n) is 2.86. The van der Waals surface area contributed by atoms with Crippen LogP contribution in [0.2, 0.25) is 0 Å². The number of carbonyl (C=O) groups excluding carboxylic acids is 1. The van der Waals surface area contributed by atoms with Gasteiger partial charge in [0.2, 0.25) is 11.0 Å². The fraction of sp³-hybridized carbons (Fsp3) is 0.625. The molecule has 0 unspecified atom stereocenters. The number of carbonyl (C=O) groups is 1. The fourth-order valence-electron chi connectivity index (χ4n) is 0.926. The van der Waals surface area contributed by atoms with Crippen LogP contribution in [0.5, 0.6) is 0 Å². The molecule has 6 heteroatoms. The summed E-state index contributed by atoms with van der Waals surface area (Å²) in [6.07, 6.45) is 1.77. The van der Waals surface area contributed by atoms with Crippen molar-refractivity contribution in [1.29, 1.82) is 0 Å². The van der Waals surface area contributed by atoms with E-state index in [1.807, 2.05) is 6.92 Å². The van der Waals surface area contributed by atoms with E-state index in [1.165, 1.54) is 11.3 Å². The minimum atomic E-state index is -0.0744. The van der Waals surface area contributed by atoms with Crippen LogP contribution in [-0.4, -0.2) is 27.8 Å². The molecule has 0 fully saturated rings. The summed E-state index contributed by atoms with van der Waals surface area (Å²) in [5, 5.41) is 20.1. The molecule has 0 atom stereocenters. The van der Waals surface area contributed by atoms with Crippen LogP contribution in [0.3, 0.4) is 0 Å². The van der Waals surface area contributed by atoms with Crippen molar-refractivity contribution in [3.63, 3.8) is 0 Å². The Morgan fingerprint density at radius 3 is 2.86 bits per heavy atom. The van der Waals surface area contributed by atoms with E-state index in [1.54, 1.807) is 0 Å². The van der Waals surface area contributed by atoms with Crippen molar-refractivity contribution >= 4 is 22.4 Å². The molecule has 1 aromatic rings. The molecule has 0 aliphatic rings. The Balaban J connectivity index is 2.27. The van der Waals surface area contributed by atoms with Crippen molar-refractivity contribution in [3.05, 3.63) is 5.01 Å². The molecule has 5 nitrogen and oxygen atoms in total. The second-order valence-corrected chi connectivity index (χ2v) is 4.04. The van der Waals surface area contributed by atoms with Gasteiger partial charge in [-0.25, -0.2) is 0 Å². The lowest BCUT2D eigenvalue weighted by molar-refractivity contribution is -0.116. The van der Waals surface area contributed by atoms with E-state index in [9.17, 15) is 4.79 Å². The zero-order chi connectivity index (χ0) is 10.4. The molecule has 0 bridgehead atoms. The highest BCUT2D eigenvalue weighted by atomic mass is 32.1. The third-order valence-electron chi connectivity index (χ3n) is 1.58. The molecule has 0 aliphatic heterocycles. The SMILES string of the molecule is Cc1nnc(NC(=O)CCCCO)s1. The van der Waals surface area contributed by atoms with Crippen molar-refractivity contribution < 1.29 is 9.90 Å². The molecule has 1 heterocycles. The Morgan fingerprint density at radius 1 is 1.50 bits per heavy atom. The van der Waals surface area contributed by atoms with Gasteiger partial charge in [0.1, 0.15) is 5.01 Å². The molecule has 0 spiro atoms. The quantitative estimate of drug-likeness (QED) is 0.717. The van der Waals surface area contributed by atoms with Gasteiger partial charge in [-0.1, -0.05) is 11.3 Å². The van der Waals surface area contributed by atoms with Crippen molar-refractivity contribution in [1.82, 2.24) is 10.2 Å².